The summed E-state index contributed by atoms with van der Waals surface area (Å²) >= 11 is 0. The maximum atomic E-state index is 8.86. The van der Waals surface area contributed by atoms with Gasteiger partial charge in [-0.25, -0.2) is 0 Å². The highest BCUT2D eigenvalue weighted by atomic mass is 16.5. The molecule has 0 radical (unpaired) electrons. The predicted molar refractivity (Wildman–Crippen MR) is 77.8 cm³/mol. The Morgan fingerprint density at radius 2 is 2.20 bits per heavy atom. The molecule has 108 valence electrons. The fourth-order valence-electron chi connectivity index (χ4n) is 2.15. The van der Waals surface area contributed by atoms with E-state index in [1.54, 1.807) is 7.11 Å². The SMILES string of the molecule is CCNCc1ccc(OC)cc1OCC1(CC#N)CC1. The summed E-state index contributed by atoms with van der Waals surface area (Å²) < 4.78 is 11.2. The quantitative estimate of drug-likeness (QED) is 0.792. The van der Waals surface area contributed by atoms with Gasteiger partial charge < -0.3 is 14.8 Å². The van der Waals surface area contributed by atoms with Crippen molar-refractivity contribution in [3.05, 3.63) is 23.8 Å². The number of methoxy groups -OCH3 is 1. The number of nitrogens with zero attached hydrogens (tertiary/aromatic N) is 1. The first-order valence-electron chi connectivity index (χ1n) is 7.10. The molecule has 4 heteroatoms. The molecule has 1 aromatic carbocycles. The Morgan fingerprint density at radius 1 is 1.40 bits per heavy atom. The Kier molecular flexibility index (Phi) is 4.86. The van der Waals surface area contributed by atoms with Gasteiger partial charge in [-0.1, -0.05) is 13.0 Å². The zero-order chi connectivity index (χ0) is 14.4. The minimum absolute atomic E-state index is 0.0906. The summed E-state index contributed by atoms with van der Waals surface area (Å²) in [7, 11) is 1.65. The van der Waals surface area contributed by atoms with Gasteiger partial charge in [-0.3, -0.25) is 0 Å². The van der Waals surface area contributed by atoms with Crippen LogP contribution >= 0.6 is 0 Å². The third-order valence-corrected chi connectivity index (χ3v) is 3.78. The second kappa shape index (κ2) is 6.62. The summed E-state index contributed by atoms with van der Waals surface area (Å²) in [5.74, 6) is 1.65. The fourth-order valence-corrected chi connectivity index (χ4v) is 2.15. The molecule has 2 rings (SSSR count). The lowest BCUT2D eigenvalue weighted by atomic mass is 10.1. The normalized spacial score (nSPS) is 15.4. The van der Waals surface area contributed by atoms with Gasteiger partial charge in [-0.2, -0.15) is 5.26 Å². The lowest BCUT2D eigenvalue weighted by molar-refractivity contribution is 0.233. The van der Waals surface area contributed by atoms with E-state index in [1.807, 2.05) is 18.2 Å². The molecule has 0 atom stereocenters. The lowest BCUT2D eigenvalue weighted by Gasteiger charge is -2.17. The van der Waals surface area contributed by atoms with Crippen molar-refractivity contribution in [2.24, 2.45) is 5.41 Å². The van der Waals surface area contributed by atoms with Gasteiger partial charge in [0.15, 0.2) is 0 Å². The Hall–Kier alpha value is -1.73. The number of nitrogens with one attached hydrogen (secondary N) is 1. The van der Waals surface area contributed by atoms with E-state index in [2.05, 4.69) is 18.3 Å². The smallest absolute Gasteiger partial charge is 0.127 e. The molecular weight excluding hydrogens is 252 g/mol. The van der Waals surface area contributed by atoms with Gasteiger partial charge in [-0.15, -0.1) is 0 Å². The Bertz CT molecular complexity index is 490. The van der Waals surface area contributed by atoms with Crippen molar-refractivity contribution in [3.63, 3.8) is 0 Å². The highest BCUT2D eigenvalue weighted by Gasteiger charge is 2.43. The molecule has 20 heavy (non-hydrogen) atoms. The molecule has 1 saturated carbocycles. The minimum atomic E-state index is 0.0906. The van der Waals surface area contributed by atoms with Crippen molar-refractivity contribution >= 4 is 0 Å². The second-order valence-corrected chi connectivity index (χ2v) is 5.38. The summed E-state index contributed by atoms with van der Waals surface area (Å²) in [5, 5.41) is 12.2. The largest absolute Gasteiger partial charge is 0.497 e. The van der Waals surface area contributed by atoms with E-state index in [0.717, 1.165) is 43.0 Å². The third-order valence-electron chi connectivity index (χ3n) is 3.78. The molecule has 0 unspecified atom stereocenters. The zero-order valence-corrected chi connectivity index (χ0v) is 12.2. The van der Waals surface area contributed by atoms with Crippen molar-refractivity contribution in [2.75, 3.05) is 20.3 Å². The van der Waals surface area contributed by atoms with Crippen LogP contribution < -0.4 is 14.8 Å². The highest BCUT2D eigenvalue weighted by molar-refractivity contribution is 5.40. The molecule has 4 nitrogen and oxygen atoms in total. The Morgan fingerprint density at radius 3 is 2.80 bits per heavy atom. The first-order valence-corrected chi connectivity index (χ1v) is 7.10. The first-order chi connectivity index (χ1) is 9.73. The van der Waals surface area contributed by atoms with E-state index in [1.165, 1.54) is 0 Å². The Labute approximate surface area is 120 Å². The van der Waals surface area contributed by atoms with Crippen molar-refractivity contribution in [1.29, 1.82) is 5.26 Å². The molecule has 0 aromatic heterocycles. The fraction of sp³-hybridized carbons (Fsp3) is 0.562. The number of hydrogen-bond acceptors (Lipinski definition) is 4. The average Bonchev–Trinajstić information content (AvgIpc) is 3.24. The summed E-state index contributed by atoms with van der Waals surface area (Å²) in [6.07, 6.45) is 2.76. The monoisotopic (exact) mass is 274 g/mol. The molecule has 1 aliphatic carbocycles. The maximum absolute atomic E-state index is 8.86. The molecule has 1 aliphatic rings. The van der Waals surface area contributed by atoms with Crippen molar-refractivity contribution in [3.8, 4) is 17.6 Å². The Balaban J connectivity index is 2.05. The van der Waals surface area contributed by atoms with Crippen molar-refractivity contribution in [1.82, 2.24) is 5.32 Å². The summed E-state index contributed by atoms with van der Waals surface area (Å²) in [5.41, 5.74) is 1.22. The first kappa shape index (κ1) is 14.7. The van der Waals surface area contributed by atoms with Crippen LogP contribution in [0.2, 0.25) is 0 Å². The number of ether oxygens (including phenoxy) is 2. The van der Waals surface area contributed by atoms with Crippen LogP contribution in [0.25, 0.3) is 0 Å². The van der Waals surface area contributed by atoms with Crippen LogP contribution in [0.1, 0.15) is 31.7 Å². The third kappa shape index (κ3) is 3.64. The van der Waals surface area contributed by atoms with E-state index >= 15 is 0 Å². The van der Waals surface area contributed by atoms with Gasteiger partial charge in [-0.05, 0) is 25.5 Å². The van der Waals surface area contributed by atoms with Crippen LogP contribution in [0.4, 0.5) is 0 Å². The minimum Gasteiger partial charge on any atom is -0.497 e. The van der Waals surface area contributed by atoms with E-state index in [0.29, 0.717) is 13.0 Å². The van der Waals surface area contributed by atoms with Crippen LogP contribution in [0.3, 0.4) is 0 Å². The zero-order valence-electron chi connectivity index (χ0n) is 12.2. The topological polar surface area (TPSA) is 54.3 Å². The molecule has 0 aliphatic heterocycles. The van der Waals surface area contributed by atoms with Gasteiger partial charge in [0.25, 0.3) is 0 Å². The van der Waals surface area contributed by atoms with Crippen LogP contribution in [-0.4, -0.2) is 20.3 Å². The molecule has 0 saturated heterocycles. The number of benzene rings is 1. The van der Waals surface area contributed by atoms with Gasteiger partial charge in [0.1, 0.15) is 11.5 Å². The molecule has 1 N–H and O–H groups in total. The lowest BCUT2D eigenvalue weighted by Crippen LogP contribution is -2.16. The summed E-state index contributed by atoms with van der Waals surface area (Å²) in [6.45, 7) is 4.40. The van der Waals surface area contributed by atoms with E-state index in [9.17, 15) is 0 Å². The molecule has 0 spiro atoms. The van der Waals surface area contributed by atoms with E-state index in [4.69, 9.17) is 14.7 Å². The summed E-state index contributed by atoms with van der Waals surface area (Å²) in [6, 6.07) is 8.16. The standard InChI is InChI=1S/C16H22N2O2/c1-3-18-11-13-4-5-14(19-2)10-15(13)20-12-16(6-7-16)8-9-17/h4-5,10,18H,3,6-8,11-12H2,1-2H3. The van der Waals surface area contributed by atoms with E-state index in [-0.39, 0.29) is 5.41 Å². The molecular formula is C16H22N2O2. The number of nitriles is 1. The predicted octanol–water partition coefficient (Wildman–Crippen LogP) is 2.88. The van der Waals surface area contributed by atoms with Crippen molar-refractivity contribution in [2.45, 2.75) is 32.7 Å². The molecule has 0 amide bonds. The van der Waals surface area contributed by atoms with Crippen molar-refractivity contribution < 1.29 is 9.47 Å². The van der Waals surface area contributed by atoms with Gasteiger partial charge in [0.2, 0.25) is 0 Å². The van der Waals surface area contributed by atoms with E-state index < -0.39 is 0 Å². The van der Waals surface area contributed by atoms with Gasteiger partial charge >= 0.3 is 0 Å². The average molecular weight is 274 g/mol. The molecule has 0 bridgehead atoms. The van der Waals surface area contributed by atoms with Gasteiger partial charge in [0.05, 0.1) is 19.8 Å². The van der Waals surface area contributed by atoms with Crippen LogP contribution in [-0.2, 0) is 6.54 Å². The molecule has 0 heterocycles. The number of hydrogen-bond donors (Lipinski definition) is 1. The maximum Gasteiger partial charge on any atom is 0.127 e. The molecule has 1 fully saturated rings. The molecule has 1 aromatic rings. The highest BCUT2D eigenvalue weighted by Crippen LogP contribution is 2.48. The number of rotatable bonds is 8. The van der Waals surface area contributed by atoms with Crippen LogP contribution in [0, 0.1) is 16.7 Å². The van der Waals surface area contributed by atoms with Crippen LogP contribution in [0.15, 0.2) is 18.2 Å². The summed E-state index contributed by atoms with van der Waals surface area (Å²) in [4.78, 5) is 0. The van der Waals surface area contributed by atoms with Crippen LogP contribution in [0.5, 0.6) is 11.5 Å². The van der Waals surface area contributed by atoms with Gasteiger partial charge in [0, 0.05) is 30.0 Å². The second-order valence-electron chi connectivity index (χ2n) is 5.38.